The van der Waals surface area contributed by atoms with Gasteiger partial charge in [0.15, 0.2) is 0 Å². The molecule has 1 atom stereocenters. The number of nitrogens with zero attached hydrogens (tertiary/aromatic N) is 2. The van der Waals surface area contributed by atoms with Gasteiger partial charge in [0.25, 0.3) is 5.91 Å². The van der Waals surface area contributed by atoms with E-state index in [4.69, 9.17) is 0 Å². The Kier molecular flexibility index (Phi) is 3.26. The molecule has 1 aromatic heterocycles. The van der Waals surface area contributed by atoms with E-state index in [9.17, 15) is 9.59 Å². The van der Waals surface area contributed by atoms with Gasteiger partial charge >= 0.3 is 5.69 Å². The standard InChI is InChI=1S/C15H17N3O2/c1-10-5-4-8-18(9-10)14(19)13-11-6-2-3-7-12(11)16-15(20)17-13/h2-3,6-7,10H,4-5,8-9H2,1H3,(H,16,17,20). The predicted molar refractivity (Wildman–Crippen MR) is 76.7 cm³/mol. The van der Waals surface area contributed by atoms with Crippen LogP contribution in [0.25, 0.3) is 10.9 Å². The average molecular weight is 271 g/mol. The molecule has 1 aromatic carbocycles. The van der Waals surface area contributed by atoms with Crippen molar-refractivity contribution in [3.05, 3.63) is 40.4 Å². The van der Waals surface area contributed by atoms with Crippen molar-refractivity contribution in [2.45, 2.75) is 19.8 Å². The van der Waals surface area contributed by atoms with Crippen molar-refractivity contribution in [3.63, 3.8) is 0 Å². The van der Waals surface area contributed by atoms with E-state index in [1.807, 2.05) is 23.1 Å². The molecule has 1 fully saturated rings. The van der Waals surface area contributed by atoms with Crippen LogP contribution in [0.2, 0.25) is 0 Å². The average Bonchev–Trinajstić information content (AvgIpc) is 2.45. The predicted octanol–water partition coefficient (Wildman–Crippen LogP) is 1.80. The van der Waals surface area contributed by atoms with Gasteiger partial charge < -0.3 is 9.88 Å². The Balaban J connectivity index is 2.05. The van der Waals surface area contributed by atoms with Crippen molar-refractivity contribution < 1.29 is 4.79 Å². The van der Waals surface area contributed by atoms with E-state index in [0.29, 0.717) is 16.8 Å². The van der Waals surface area contributed by atoms with Crippen molar-refractivity contribution in [1.29, 1.82) is 0 Å². The maximum atomic E-state index is 12.6. The lowest BCUT2D eigenvalue weighted by atomic mass is 10.00. The number of para-hydroxylation sites is 1. The second-order valence-electron chi connectivity index (χ2n) is 5.43. The van der Waals surface area contributed by atoms with Gasteiger partial charge in [-0.05, 0) is 24.8 Å². The van der Waals surface area contributed by atoms with E-state index in [2.05, 4.69) is 16.9 Å². The van der Waals surface area contributed by atoms with Gasteiger partial charge in [0.05, 0.1) is 5.52 Å². The van der Waals surface area contributed by atoms with Crippen molar-refractivity contribution in [2.24, 2.45) is 5.92 Å². The first-order valence-electron chi connectivity index (χ1n) is 6.93. The van der Waals surface area contributed by atoms with Crippen LogP contribution in [0.5, 0.6) is 0 Å². The van der Waals surface area contributed by atoms with E-state index in [1.165, 1.54) is 0 Å². The maximum absolute atomic E-state index is 12.6. The third-order valence-corrected chi connectivity index (χ3v) is 3.78. The van der Waals surface area contributed by atoms with Gasteiger partial charge in [-0.1, -0.05) is 25.1 Å². The summed E-state index contributed by atoms with van der Waals surface area (Å²) >= 11 is 0. The number of hydrogen-bond acceptors (Lipinski definition) is 3. The highest BCUT2D eigenvalue weighted by Crippen LogP contribution is 2.20. The number of nitrogens with one attached hydrogen (secondary N) is 1. The SMILES string of the molecule is CC1CCCN(C(=O)c2nc(=O)[nH]c3ccccc23)C1. The highest BCUT2D eigenvalue weighted by molar-refractivity contribution is 6.04. The molecule has 5 nitrogen and oxygen atoms in total. The molecule has 0 bridgehead atoms. The van der Waals surface area contributed by atoms with Crippen LogP contribution >= 0.6 is 0 Å². The van der Waals surface area contributed by atoms with E-state index in [-0.39, 0.29) is 11.6 Å². The summed E-state index contributed by atoms with van der Waals surface area (Å²) in [5, 5.41) is 0.704. The van der Waals surface area contributed by atoms with Crippen LogP contribution in [0.3, 0.4) is 0 Å². The monoisotopic (exact) mass is 271 g/mol. The lowest BCUT2D eigenvalue weighted by molar-refractivity contribution is 0.0679. The van der Waals surface area contributed by atoms with Gasteiger partial charge in [0.1, 0.15) is 5.69 Å². The fourth-order valence-corrected chi connectivity index (χ4v) is 2.79. The van der Waals surface area contributed by atoms with Gasteiger partial charge in [0.2, 0.25) is 0 Å². The Morgan fingerprint density at radius 2 is 2.20 bits per heavy atom. The molecule has 1 saturated heterocycles. The van der Waals surface area contributed by atoms with Crippen molar-refractivity contribution in [1.82, 2.24) is 14.9 Å². The minimum atomic E-state index is -0.475. The molecule has 2 heterocycles. The number of amides is 1. The zero-order valence-electron chi connectivity index (χ0n) is 11.4. The quantitative estimate of drug-likeness (QED) is 0.860. The lowest BCUT2D eigenvalue weighted by Gasteiger charge is -2.30. The minimum Gasteiger partial charge on any atom is -0.337 e. The number of carbonyl (C=O) groups is 1. The topological polar surface area (TPSA) is 66.1 Å². The number of aromatic nitrogens is 2. The van der Waals surface area contributed by atoms with Crippen LogP contribution in [-0.2, 0) is 0 Å². The molecule has 104 valence electrons. The van der Waals surface area contributed by atoms with Gasteiger partial charge in [-0.3, -0.25) is 4.79 Å². The molecule has 1 aliphatic heterocycles. The van der Waals surface area contributed by atoms with Crippen molar-refractivity contribution in [2.75, 3.05) is 13.1 Å². The normalized spacial score (nSPS) is 19.2. The molecule has 2 aromatic rings. The third kappa shape index (κ3) is 2.31. The molecule has 1 amide bonds. The number of likely N-dealkylation sites (tertiary alicyclic amines) is 1. The molecular formula is C15H17N3O2. The number of piperidine rings is 1. The van der Waals surface area contributed by atoms with Crippen LogP contribution < -0.4 is 5.69 Å². The maximum Gasteiger partial charge on any atom is 0.346 e. The van der Waals surface area contributed by atoms with Crippen LogP contribution in [0, 0.1) is 5.92 Å². The number of rotatable bonds is 1. The zero-order valence-corrected chi connectivity index (χ0v) is 11.4. The van der Waals surface area contributed by atoms with Gasteiger partial charge in [-0.2, -0.15) is 4.98 Å². The second kappa shape index (κ2) is 5.07. The molecule has 0 spiro atoms. The molecule has 0 aliphatic carbocycles. The number of carbonyl (C=O) groups excluding carboxylic acids is 1. The van der Waals surface area contributed by atoms with Crippen LogP contribution in [-0.4, -0.2) is 33.9 Å². The molecule has 20 heavy (non-hydrogen) atoms. The number of fused-ring (bicyclic) bond motifs is 1. The summed E-state index contributed by atoms with van der Waals surface area (Å²) in [5.41, 5.74) is 0.441. The zero-order chi connectivity index (χ0) is 14.1. The molecule has 3 rings (SSSR count). The van der Waals surface area contributed by atoms with Crippen molar-refractivity contribution >= 4 is 16.8 Å². The Labute approximate surface area is 116 Å². The summed E-state index contributed by atoms with van der Waals surface area (Å²) in [5.74, 6) is 0.361. The third-order valence-electron chi connectivity index (χ3n) is 3.78. The molecule has 1 aliphatic rings. The lowest BCUT2D eigenvalue weighted by Crippen LogP contribution is -2.40. The first-order valence-corrected chi connectivity index (χ1v) is 6.93. The summed E-state index contributed by atoms with van der Waals surface area (Å²) in [6.45, 7) is 3.62. The Hall–Kier alpha value is -2.17. The highest BCUT2D eigenvalue weighted by Gasteiger charge is 2.24. The first kappa shape index (κ1) is 12.8. The Bertz CT molecular complexity index is 708. The van der Waals surface area contributed by atoms with Crippen LogP contribution in [0.1, 0.15) is 30.3 Å². The second-order valence-corrected chi connectivity index (χ2v) is 5.43. The number of aromatic amines is 1. The van der Waals surface area contributed by atoms with Crippen LogP contribution in [0.15, 0.2) is 29.1 Å². The highest BCUT2D eigenvalue weighted by atomic mass is 16.2. The molecular weight excluding hydrogens is 254 g/mol. The van der Waals surface area contributed by atoms with E-state index >= 15 is 0 Å². The van der Waals surface area contributed by atoms with Crippen molar-refractivity contribution in [3.8, 4) is 0 Å². The first-order chi connectivity index (χ1) is 9.65. The number of H-pyrrole nitrogens is 1. The summed E-state index contributed by atoms with van der Waals surface area (Å²) < 4.78 is 0. The summed E-state index contributed by atoms with van der Waals surface area (Å²) in [7, 11) is 0. The number of hydrogen-bond donors (Lipinski definition) is 1. The fourth-order valence-electron chi connectivity index (χ4n) is 2.79. The van der Waals surface area contributed by atoms with E-state index in [0.717, 1.165) is 25.9 Å². The minimum absolute atomic E-state index is 0.140. The van der Waals surface area contributed by atoms with Gasteiger partial charge in [-0.15, -0.1) is 0 Å². The van der Waals surface area contributed by atoms with Gasteiger partial charge in [-0.25, -0.2) is 4.79 Å². The molecule has 1 N–H and O–H groups in total. The fraction of sp³-hybridized carbons (Fsp3) is 0.400. The molecule has 5 heteroatoms. The molecule has 0 radical (unpaired) electrons. The molecule has 1 unspecified atom stereocenters. The number of benzene rings is 1. The Morgan fingerprint density at radius 1 is 1.40 bits per heavy atom. The summed E-state index contributed by atoms with van der Waals surface area (Å²) in [4.78, 5) is 32.6. The van der Waals surface area contributed by atoms with E-state index in [1.54, 1.807) is 6.07 Å². The summed E-state index contributed by atoms with van der Waals surface area (Å²) in [6, 6.07) is 7.28. The van der Waals surface area contributed by atoms with E-state index < -0.39 is 5.69 Å². The largest absolute Gasteiger partial charge is 0.346 e. The summed E-state index contributed by atoms with van der Waals surface area (Å²) in [6.07, 6.45) is 2.15. The Morgan fingerprint density at radius 3 is 3.00 bits per heavy atom. The molecule has 0 saturated carbocycles. The smallest absolute Gasteiger partial charge is 0.337 e. The van der Waals surface area contributed by atoms with Gasteiger partial charge in [0, 0.05) is 18.5 Å². The van der Waals surface area contributed by atoms with Crippen LogP contribution in [0.4, 0.5) is 0 Å².